The van der Waals surface area contributed by atoms with Gasteiger partial charge in [0.1, 0.15) is 18.3 Å². The Morgan fingerprint density at radius 1 is 0.941 bits per heavy atom. The summed E-state index contributed by atoms with van der Waals surface area (Å²) >= 11 is 0. The van der Waals surface area contributed by atoms with E-state index in [-0.39, 0.29) is 6.61 Å². The van der Waals surface area contributed by atoms with Gasteiger partial charge in [-0.3, -0.25) is 0 Å². The van der Waals surface area contributed by atoms with Gasteiger partial charge in [-0.1, -0.05) is 30.3 Å². The van der Waals surface area contributed by atoms with Crippen LogP contribution in [0.25, 0.3) is 0 Å². The van der Waals surface area contributed by atoms with Crippen LogP contribution in [0.3, 0.4) is 0 Å². The zero-order valence-corrected chi connectivity index (χ0v) is 9.44. The van der Waals surface area contributed by atoms with Gasteiger partial charge in [0, 0.05) is 0 Å². The van der Waals surface area contributed by atoms with Crippen LogP contribution in [0.5, 0.6) is 0 Å². The Bertz CT molecular complexity index is 293. The highest BCUT2D eigenvalue weighted by Gasteiger charge is 2.26. The van der Waals surface area contributed by atoms with Crippen molar-refractivity contribution in [1.82, 2.24) is 0 Å². The maximum absolute atomic E-state index is 9.45. The second-order valence-corrected chi connectivity index (χ2v) is 3.76. The van der Waals surface area contributed by atoms with E-state index in [4.69, 9.17) is 14.9 Å². The Kier molecular flexibility index (Phi) is 6.10. The molecule has 5 heteroatoms. The van der Waals surface area contributed by atoms with Crippen LogP contribution in [0.4, 0.5) is 0 Å². The van der Waals surface area contributed by atoms with Crippen molar-refractivity contribution >= 4 is 0 Å². The number of hydrogen-bond donors (Lipinski definition) is 4. The van der Waals surface area contributed by atoms with E-state index in [1.54, 1.807) is 0 Å². The molecule has 1 aromatic rings. The summed E-state index contributed by atoms with van der Waals surface area (Å²) in [7, 11) is 0. The Hall–Kier alpha value is -0.980. The van der Waals surface area contributed by atoms with Crippen molar-refractivity contribution < 1.29 is 25.2 Å². The standard InChI is InChI=1S/C12H18O5/c13-6-10(15)12(11(16)7-14)17-8-9-4-2-1-3-5-9/h1-5,10-16H,6-8H2/t10-,11+,12?. The predicted molar refractivity (Wildman–Crippen MR) is 61.2 cm³/mol. The summed E-state index contributed by atoms with van der Waals surface area (Å²) < 4.78 is 5.31. The van der Waals surface area contributed by atoms with Crippen molar-refractivity contribution in [3.8, 4) is 0 Å². The maximum Gasteiger partial charge on any atom is 0.114 e. The highest BCUT2D eigenvalue weighted by molar-refractivity contribution is 5.13. The van der Waals surface area contributed by atoms with Gasteiger partial charge in [0.25, 0.3) is 0 Å². The molecule has 0 aromatic heterocycles. The highest BCUT2D eigenvalue weighted by Crippen LogP contribution is 2.10. The van der Waals surface area contributed by atoms with Gasteiger partial charge < -0.3 is 25.2 Å². The first-order valence-corrected chi connectivity index (χ1v) is 5.42. The lowest BCUT2D eigenvalue weighted by molar-refractivity contribution is -0.128. The monoisotopic (exact) mass is 242 g/mol. The van der Waals surface area contributed by atoms with Crippen LogP contribution in [0.15, 0.2) is 30.3 Å². The molecular formula is C12H18O5. The van der Waals surface area contributed by atoms with Crippen molar-refractivity contribution in [2.24, 2.45) is 0 Å². The first-order valence-electron chi connectivity index (χ1n) is 5.42. The van der Waals surface area contributed by atoms with Crippen molar-refractivity contribution in [3.63, 3.8) is 0 Å². The summed E-state index contributed by atoms with van der Waals surface area (Å²) in [5.74, 6) is 0. The van der Waals surface area contributed by atoms with Crippen LogP contribution >= 0.6 is 0 Å². The topological polar surface area (TPSA) is 90.2 Å². The van der Waals surface area contributed by atoms with Gasteiger partial charge in [0.15, 0.2) is 0 Å². The molecule has 96 valence electrons. The maximum atomic E-state index is 9.45. The molecule has 1 unspecified atom stereocenters. The van der Waals surface area contributed by atoms with Crippen molar-refractivity contribution in [2.45, 2.75) is 24.9 Å². The van der Waals surface area contributed by atoms with E-state index >= 15 is 0 Å². The summed E-state index contributed by atoms with van der Waals surface area (Å²) in [6.45, 7) is -0.868. The van der Waals surface area contributed by atoms with Gasteiger partial charge in [-0.15, -0.1) is 0 Å². The lowest BCUT2D eigenvalue weighted by atomic mass is 10.1. The molecule has 1 rings (SSSR count). The largest absolute Gasteiger partial charge is 0.394 e. The minimum absolute atomic E-state index is 0.194. The van der Waals surface area contributed by atoms with E-state index in [0.717, 1.165) is 5.56 Å². The molecule has 0 fully saturated rings. The number of ether oxygens (including phenoxy) is 1. The van der Waals surface area contributed by atoms with Gasteiger partial charge in [-0.2, -0.15) is 0 Å². The van der Waals surface area contributed by atoms with Crippen LogP contribution in [-0.2, 0) is 11.3 Å². The van der Waals surface area contributed by atoms with Gasteiger partial charge in [-0.05, 0) is 5.56 Å². The minimum atomic E-state index is -1.22. The van der Waals surface area contributed by atoms with Crippen molar-refractivity contribution in [1.29, 1.82) is 0 Å². The zero-order valence-electron chi connectivity index (χ0n) is 9.44. The number of aliphatic hydroxyl groups excluding tert-OH is 4. The molecule has 0 aliphatic carbocycles. The Labute approximate surface area is 99.9 Å². The number of hydrogen-bond acceptors (Lipinski definition) is 5. The molecule has 0 saturated heterocycles. The molecule has 0 aliphatic rings. The summed E-state index contributed by atoms with van der Waals surface area (Å²) in [6, 6.07) is 9.24. The lowest BCUT2D eigenvalue weighted by Gasteiger charge is -2.25. The summed E-state index contributed by atoms with van der Waals surface area (Å²) in [4.78, 5) is 0. The van der Waals surface area contributed by atoms with Crippen LogP contribution < -0.4 is 0 Å². The van der Waals surface area contributed by atoms with Crippen LogP contribution in [0, 0.1) is 0 Å². The molecule has 5 nitrogen and oxygen atoms in total. The molecule has 0 bridgehead atoms. The van der Waals surface area contributed by atoms with E-state index in [1.807, 2.05) is 30.3 Å². The molecule has 0 saturated carbocycles. The van der Waals surface area contributed by atoms with Gasteiger partial charge in [0.05, 0.1) is 19.8 Å². The van der Waals surface area contributed by atoms with E-state index in [0.29, 0.717) is 0 Å². The normalized spacial score (nSPS) is 16.5. The Morgan fingerprint density at radius 2 is 1.47 bits per heavy atom. The first kappa shape index (κ1) is 14.1. The van der Waals surface area contributed by atoms with Gasteiger partial charge in [-0.25, -0.2) is 0 Å². The average molecular weight is 242 g/mol. The minimum Gasteiger partial charge on any atom is -0.394 e. The molecule has 0 radical (unpaired) electrons. The second-order valence-electron chi connectivity index (χ2n) is 3.76. The average Bonchev–Trinajstić information content (AvgIpc) is 2.39. The van der Waals surface area contributed by atoms with E-state index in [9.17, 15) is 10.2 Å². The van der Waals surface area contributed by atoms with E-state index in [1.165, 1.54) is 0 Å². The smallest absolute Gasteiger partial charge is 0.114 e. The van der Waals surface area contributed by atoms with Crippen LogP contribution in [0.2, 0.25) is 0 Å². The predicted octanol–water partition coefficient (Wildman–Crippen LogP) is -0.722. The molecule has 0 amide bonds. The third-order valence-electron chi connectivity index (χ3n) is 2.42. The zero-order chi connectivity index (χ0) is 12.7. The fraction of sp³-hybridized carbons (Fsp3) is 0.500. The molecular weight excluding hydrogens is 224 g/mol. The summed E-state index contributed by atoms with van der Waals surface area (Å²) in [6.07, 6.45) is -3.45. The summed E-state index contributed by atoms with van der Waals surface area (Å²) in [5, 5.41) is 36.6. The molecule has 0 spiro atoms. The third kappa shape index (κ3) is 4.41. The number of benzene rings is 1. The third-order valence-corrected chi connectivity index (χ3v) is 2.42. The molecule has 17 heavy (non-hydrogen) atoms. The summed E-state index contributed by atoms with van der Waals surface area (Å²) in [5.41, 5.74) is 0.882. The van der Waals surface area contributed by atoms with E-state index < -0.39 is 31.5 Å². The first-order chi connectivity index (χ1) is 8.19. The van der Waals surface area contributed by atoms with Crippen LogP contribution in [0.1, 0.15) is 5.56 Å². The Balaban J connectivity index is 2.55. The highest BCUT2D eigenvalue weighted by atomic mass is 16.5. The molecule has 0 heterocycles. The Morgan fingerprint density at radius 3 is 1.94 bits per heavy atom. The van der Waals surface area contributed by atoms with Crippen molar-refractivity contribution in [3.05, 3.63) is 35.9 Å². The quantitative estimate of drug-likeness (QED) is 0.506. The lowest BCUT2D eigenvalue weighted by Crippen LogP contribution is -2.43. The number of aliphatic hydroxyl groups is 4. The molecule has 4 N–H and O–H groups in total. The van der Waals surface area contributed by atoms with Crippen molar-refractivity contribution in [2.75, 3.05) is 13.2 Å². The van der Waals surface area contributed by atoms with Crippen LogP contribution in [-0.4, -0.2) is 52.0 Å². The number of rotatable bonds is 7. The van der Waals surface area contributed by atoms with E-state index in [2.05, 4.69) is 0 Å². The molecule has 1 aromatic carbocycles. The molecule has 3 atom stereocenters. The molecule has 0 aliphatic heterocycles. The SMILES string of the molecule is OC[C@@H](O)C(OCc1ccccc1)[C@@H](O)CO. The fourth-order valence-corrected chi connectivity index (χ4v) is 1.45. The van der Waals surface area contributed by atoms with Gasteiger partial charge in [0.2, 0.25) is 0 Å². The fourth-order valence-electron chi connectivity index (χ4n) is 1.45. The second kappa shape index (κ2) is 7.37. The van der Waals surface area contributed by atoms with Gasteiger partial charge >= 0.3 is 0 Å².